The van der Waals surface area contributed by atoms with Crippen molar-refractivity contribution >= 4 is 11.3 Å². The highest BCUT2D eigenvalue weighted by molar-refractivity contribution is 7.09. The van der Waals surface area contributed by atoms with Gasteiger partial charge >= 0.3 is 0 Å². The summed E-state index contributed by atoms with van der Waals surface area (Å²) in [5.74, 6) is 0. The van der Waals surface area contributed by atoms with E-state index in [1.54, 1.807) is 17.5 Å². The summed E-state index contributed by atoms with van der Waals surface area (Å²) in [6, 6.07) is 4.04. The van der Waals surface area contributed by atoms with Crippen molar-refractivity contribution in [2.75, 3.05) is 0 Å². The minimum Gasteiger partial charge on any atom is -0.324 e. The van der Waals surface area contributed by atoms with Crippen LogP contribution < -0.4 is 5.73 Å². The summed E-state index contributed by atoms with van der Waals surface area (Å²) in [7, 11) is 0. The van der Waals surface area contributed by atoms with E-state index in [2.05, 4.69) is 9.97 Å². The molecule has 4 heteroatoms. The Kier molecular flexibility index (Phi) is 3.08. The highest BCUT2D eigenvalue weighted by Gasteiger charge is 2.08. The molecule has 1 unspecified atom stereocenters. The van der Waals surface area contributed by atoms with E-state index in [9.17, 15) is 0 Å². The highest BCUT2D eigenvalue weighted by atomic mass is 32.1. The first-order chi connectivity index (χ1) is 7.25. The molecule has 0 saturated carbocycles. The van der Waals surface area contributed by atoms with Gasteiger partial charge in [0.25, 0.3) is 0 Å². The van der Waals surface area contributed by atoms with Crippen LogP contribution >= 0.6 is 11.3 Å². The molecular formula is C11H13N3S. The van der Waals surface area contributed by atoms with E-state index in [1.807, 2.05) is 30.8 Å². The quantitative estimate of drug-likeness (QED) is 0.860. The first-order valence-corrected chi connectivity index (χ1v) is 5.69. The van der Waals surface area contributed by atoms with Crippen LogP contribution in [0.15, 0.2) is 30.0 Å². The third-order valence-corrected chi connectivity index (χ3v) is 3.06. The van der Waals surface area contributed by atoms with Gasteiger partial charge in [0, 0.05) is 35.4 Å². The Balaban J connectivity index is 2.11. The average Bonchev–Trinajstić information content (AvgIpc) is 2.70. The predicted molar refractivity (Wildman–Crippen MR) is 61.7 cm³/mol. The van der Waals surface area contributed by atoms with Crippen molar-refractivity contribution < 1.29 is 0 Å². The standard InChI is InChI=1S/C11H13N3S/c1-8-4-9(2-3-14-8)11(12)5-10-6-13-7-15-10/h2-4,6-7,11H,5,12H2,1H3. The van der Waals surface area contributed by atoms with Gasteiger partial charge in [0.15, 0.2) is 0 Å². The molecule has 3 nitrogen and oxygen atoms in total. The summed E-state index contributed by atoms with van der Waals surface area (Å²) >= 11 is 1.64. The maximum atomic E-state index is 6.11. The smallest absolute Gasteiger partial charge is 0.0794 e. The number of hydrogen-bond acceptors (Lipinski definition) is 4. The van der Waals surface area contributed by atoms with Crippen LogP contribution in [-0.2, 0) is 6.42 Å². The van der Waals surface area contributed by atoms with Gasteiger partial charge in [-0.1, -0.05) is 0 Å². The highest BCUT2D eigenvalue weighted by Crippen LogP contribution is 2.18. The van der Waals surface area contributed by atoms with Crippen LogP contribution in [0.4, 0.5) is 0 Å². The lowest BCUT2D eigenvalue weighted by molar-refractivity contribution is 0.726. The molecular weight excluding hydrogens is 206 g/mol. The molecule has 1 atom stereocenters. The Morgan fingerprint density at radius 3 is 3.07 bits per heavy atom. The SMILES string of the molecule is Cc1cc(C(N)Cc2cncs2)ccn1. The molecule has 0 fully saturated rings. The van der Waals surface area contributed by atoms with E-state index in [4.69, 9.17) is 5.73 Å². The first kappa shape index (κ1) is 10.3. The fourth-order valence-electron chi connectivity index (χ4n) is 1.48. The fraction of sp³-hybridized carbons (Fsp3) is 0.273. The number of aromatic nitrogens is 2. The molecule has 0 aromatic carbocycles. The lowest BCUT2D eigenvalue weighted by Gasteiger charge is -2.10. The molecule has 0 aliphatic rings. The zero-order valence-electron chi connectivity index (χ0n) is 8.55. The third-order valence-electron chi connectivity index (χ3n) is 2.25. The molecule has 2 heterocycles. The largest absolute Gasteiger partial charge is 0.324 e. The first-order valence-electron chi connectivity index (χ1n) is 4.81. The number of thiazole rings is 1. The normalized spacial score (nSPS) is 12.7. The topological polar surface area (TPSA) is 51.8 Å². The van der Waals surface area contributed by atoms with Crippen LogP contribution in [0.2, 0.25) is 0 Å². The van der Waals surface area contributed by atoms with Gasteiger partial charge in [-0.3, -0.25) is 9.97 Å². The fourth-order valence-corrected chi connectivity index (χ4v) is 2.13. The molecule has 2 rings (SSSR count). The van der Waals surface area contributed by atoms with Gasteiger partial charge in [0.2, 0.25) is 0 Å². The van der Waals surface area contributed by atoms with Crippen LogP contribution in [0.25, 0.3) is 0 Å². The van der Waals surface area contributed by atoms with Crippen molar-refractivity contribution in [1.29, 1.82) is 0 Å². The molecule has 2 aromatic heterocycles. The van der Waals surface area contributed by atoms with Crippen molar-refractivity contribution in [2.24, 2.45) is 5.73 Å². The predicted octanol–water partition coefficient (Wildman–Crippen LogP) is 2.09. The Morgan fingerprint density at radius 1 is 1.53 bits per heavy atom. The van der Waals surface area contributed by atoms with E-state index in [0.29, 0.717) is 0 Å². The number of hydrogen-bond donors (Lipinski definition) is 1. The zero-order valence-corrected chi connectivity index (χ0v) is 9.37. The molecule has 0 bridgehead atoms. The van der Waals surface area contributed by atoms with Gasteiger partial charge < -0.3 is 5.73 Å². The molecule has 2 aromatic rings. The molecule has 2 N–H and O–H groups in total. The van der Waals surface area contributed by atoms with Crippen LogP contribution in [0.5, 0.6) is 0 Å². The lowest BCUT2D eigenvalue weighted by atomic mass is 10.0. The van der Waals surface area contributed by atoms with Crippen molar-refractivity contribution in [3.05, 3.63) is 46.2 Å². The Morgan fingerprint density at radius 2 is 2.40 bits per heavy atom. The summed E-state index contributed by atoms with van der Waals surface area (Å²) in [6.07, 6.45) is 4.52. The summed E-state index contributed by atoms with van der Waals surface area (Å²) < 4.78 is 0. The molecule has 0 saturated heterocycles. The minimum absolute atomic E-state index is 0.0344. The summed E-state index contributed by atoms with van der Waals surface area (Å²) in [4.78, 5) is 9.41. The van der Waals surface area contributed by atoms with Gasteiger partial charge in [-0.2, -0.15) is 0 Å². The molecule has 0 spiro atoms. The minimum atomic E-state index is 0.0344. The maximum Gasteiger partial charge on any atom is 0.0794 e. The van der Waals surface area contributed by atoms with Gasteiger partial charge in [-0.25, -0.2) is 0 Å². The Labute approximate surface area is 93.0 Å². The molecule has 0 aliphatic carbocycles. The van der Waals surface area contributed by atoms with Crippen LogP contribution in [-0.4, -0.2) is 9.97 Å². The summed E-state index contributed by atoms with van der Waals surface area (Å²) in [5, 5.41) is 0. The van der Waals surface area contributed by atoms with E-state index < -0.39 is 0 Å². The molecule has 0 radical (unpaired) electrons. The second kappa shape index (κ2) is 4.51. The number of nitrogens with zero attached hydrogens (tertiary/aromatic N) is 2. The second-order valence-electron chi connectivity index (χ2n) is 3.51. The average molecular weight is 219 g/mol. The maximum absolute atomic E-state index is 6.11. The van der Waals surface area contributed by atoms with Crippen LogP contribution in [0.3, 0.4) is 0 Å². The molecule has 15 heavy (non-hydrogen) atoms. The van der Waals surface area contributed by atoms with Crippen molar-refractivity contribution in [2.45, 2.75) is 19.4 Å². The van der Waals surface area contributed by atoms with Crippen LogP contribution in [0, 0.1) is 6.92 Å². The number of nitrogens with two attached hydrogens (primary N) is 1. The van der Waals surface area contributed by atoms with Crippen molar-refractivity contribution in [3.63, 3.8) is 0 Å². The number of aryl methyl sites for hydroxylation is 1. The second-order valence-corrected chi connectivity index (χ2v) is 4.48. The monoisotopic (exact) mass is 219 g/mol. The van der Waals surface area contributed by atoms with E-state index >= 15 is 0 Å². The molecule has 0 aliphatic heterocycles. The van der Waals surface area contributed by atoms with E-state index in [-0.39, 0.29) is 6.04 Å². The van der Waals surface area contributed by atoms with Crippen molar-refractivity contribution in [3.8, 4) is 0 Å². The summed E-state index contributed by atoms with van der Waals surface area (Å²) in [5.41, 5.74) is 10.1. The molecule has 0 amide bonds. The zero-order chi connectivity index (χ0) is 10.7. The lowest BCUT2D eigenvalue weighted by Crippen LogP contribution is -2.13. The van der Waals surface area contributed by atoms with Crippen molar-refractivity contribution in [1.82, 2.24) is 9.97 Å². The molecule has 78 valence electrons. The van der Waals surface area contributed by atoms with Gasteiger partial charge in [0.1, 0.15) is 0 Å². The van der Waals surface area contributed by atoms with E-state index in [0.717, 1.165) is 17.7 Å². The number of pyridine rings is 1. The van der Waals surface area contributed by atoms with Gasteiger partial charge in [0.05, 0.1) is 5.51 Å². The Bertz CT molecular complexity index is 425. The van der Waals surface area contributed by atoms with Gasteiger partial charge in [-0.15, -0.1) is 11.3 Å². The van der Waals surface area contributed by atoms with Gasteiger partial charge in [-0.05, 0) is 24.6 Å². The number of rotatable bonds is 3. The Hall–Kier alpha value is -1.26. The van der Waals surface area contributed by atoms with Crippen LogP contribution in [0.1, 0.15) is 22.2 Å². The summed E-state index contributed by atoms with van der Waals surface area (Å²) in [6.45, 7) is 1.98. The van der Waals surface area contributed by atoms with E-state index in [1.165, 1.54) is 4.88 Å². The third kappa shape index (κ3) is 2.61.